The molecule has 1 saturated carbocycles. The van der Waals surface area contributed by atoms with Gasteiger partial charge in [0, 0.05) is 5.92 Å². The molecule has 1 amide bonds. The van der Waals surface area contributed by atoms with E-state index >= 15 is 0 Å². The normalized spacial score (nSPS) is 27.8. The van der Waals surface area contributed by atoms with Crippen LogP contribution in [0.2, 0.25) is 0 Å². The summed E-state index contributed by atoms with van der Waals surface area (Å²) in [5.74, 6) is -0.0211. The molecule has 0 spiro atoms. The van der Waals surface area contributed by atoms with Gasteiger partial charge in [0.05, 0.1) is 12.3 Å². The molecule has 0 radical (unpaired) electrons. The van der Waals surface area contributed by atoms with Crippen LogP contribution in [0.25, 0.3) is 0 Å². The lowest BCUT2D eigenvalue weighted by Crippen LogP contribution is -2.51. The van der Waals surface area contributed by atoms with Crippen molar-refractivity contribution in [2.75, 3.05) is 12.3 Å². The zero-order valence-corrected chi connectivity index (χ0v) is 6.80. The summed E-state index contributed by atoms with van der Waals surface area (Å²) in [5, 5.41) is 0. The summed E-state index contributed by atoms with van der Waals surface area (Å²) >= 11 is 0. The Kier molecular flexibility index (Phi) is 1.27. The van der Waals surface area contributed by atoms with Gasteiger partial charge in [-0.05, 0) is 12.8 Å². The summed E-state index contributed by atoms with van der Waals surface area (Å²) in [5.41, 5.74) is 0. The third kappa shape index (κ3) is 1.03. The first-order valence-corrected chi connectivity index (χ1v) is 5.26. The molecule has 1 heterocycles. The van der Waals surface area contributed by atoms with Crippen LogP contribution in [0.4, 0.5) is 0 Å². The van der Waals surface area contributed by atoms with Crippen molar-refractivity contribution < 1.29 is 13.2 Å². The summed E-state index contributed by atoms with van der Waals surface area (Å²) in [6.07, 6.45) is 1.73. The number of rotatable bonds is 1. The van der Waals surface area contributed by atoms with Crippen molar-refractivity contribution in [3.8, 4) is 0 Å². The smallest absolute Gasteiger partial charge is 0.239 e. The van der Waals surface area contributed by atoms with E-state index in [9.17, 15) is 13.2 Å². The Morgan fingerprint density at radius 1 is 1.36 bits per heavy atom. The van der Waals surface area contributed by atoms with E-state index in [1.165, 1.54) is 0 Å². The average molecular weight is 175 g/mol. The number of amides is 1. The van der Waals surface area contributed by atoms with Gasteiger partial charge in [-0.25, -0.2) is 12.7 Å². The number of hydrogen-bond donors (Lipinski definition) is 0. The maximum absolute atomic E-state index is 11.1. The molecule has 1 aliphatic carbocycles. The van der Waals surface area contributed by atoms with Gasteiger partial charge in [0.2, 0.25) is 15.9 Å². The van der Waals surface area contributed by atoms with E-state index in [4.69, 9.17) is 0 Å². The van der Waals surface area contributed by atoms with Crippen LogP contribution in [0.5, 0.6) is 0 Å². The predicted octanol–water partition coefficient (Wildman–Crippen LogP) is -0.432. The molecule has 0 aromatic carbocycles. The monoisotopic (exact) mass is 175 g/mol. The highest BCUT2D eigenvalue weighted by Crippen LogP contribution is 2.33. The molecule has 2 aliphatic rings. The molecule has 4 nitrogen and oxygen atoms in total. The van der Waals surface area contributed by atoms with E-state index in [0.29, 0.717) is 6.54 Å². The maximum Gasteiger partial charge on any atom is 0.239 e. The van der Waals surface area contributed by atoms with Gasteiger partial charge in [-0.15, -0.1) is 0 Å². The molecular formula is C6H9NO3S. The van der Waals surface area contributed by atoms with Gasteiger partial charge in [-0.2, -0.15) is 0 Å². The Hall–Kier alpha value is -0.580. The van der Waals surface area contributed by atoms with E-state index in [2.05, 4.69) is 0 Å². The number of carbonyl (C=O) groups is 1. The van der Waals surface area contributed by atoms with Crippen LogP contribution in [0.1, 0.15) is 12.8 Å². The lowest BCUT2D eigenvalue weighted by molar-refractivity contribution is -0.128. The second-order valence-corrected chi connectivity index (χ2v) is 5.01. The molecule has 2 fully saturated rings. The molecule has 0 aromatic heterocycles. The second kappa shape index (κ2) is 1.97. The number of sulfonamides is 1. The minimum atomic E-state index is -3.14. The first kappa shape index (κ1) is 7.09. The van der Waals surface area contributed by atoms with Crippen LogP contribution in [-0.4, -0.2) is 30.9 Å². The zero-order chi connectivity index (χ0) is 8.06. The van der Waals surface area contributed by atoms with E-state index in [1.807, 2.05) is 0 Å². The number of nitrogens with zero attached hydrogens (tertiary/aromatic N) is 1. The van der Waals surface area contributed by atoms with E-state index in [-0.39, 0.29) is 17.6 Å². The molecule has 1 aliphatic heterocycles. The molecule has 0 atom stereocenters. The van der Waals surface area contributed by atoms with Crippen molar-refractivity contribution in [3.05, 3.63) is 0 Å². The Morgan fingerprint density at radius 3 is 2.27 bits per heavy atom. The van der Waals surface area contributed by atoms with Crippen molar-refractivity contribution in [1.29, 1.82) is 0 Å². The van der Waals surface area contributed by atoms with Crippen molar-refractivity contribution >= 4 is 15.9 Å². The molecule has 0 N–H and O–H groups in total. The molecular weight excluding hydrogens is 166 g/mol. The van der Waals surface area contributed by atoms with Crippen LogP contribution < -0.4 is 0 Å². The largest absolute Gasteiger partial charge is 0.273 e. The van der Waals surface area contributed by atoms with Gasteiger partial charge >= 0.3 is 0 Å². The fourth-order valence-electron chi connectivity index (χ4n) is 1.11. The highest BCUT2D eigenvalue weighted by atomic mass is 32.2. The number of hydrogen-bond acceptors (Lipinski definition) is 3. The highest BCUT2D eigenvalue weighted by molar-refractivity contribution is 7.90. The lowest BCUT2D eigenvalue weighted by Gasteiger charge is -2.30. The van der Waals surface area contributed by atoms with Crippen LogP contribution >= 0.6 is 0 Å². The van der Waals surface area contributed by atoms with E-state index in [1.54, 1.807) is 0 Å². The quantitative estimate of drug-likeness (QED) is 0.543. The highest BCUT2D eigenvalue weighted by Gasteiger charge is 2.43. The maximum atomic E-state index is 11.1. The molecule has 5 heteroatoms. The molecule has 1 saturated heterocycles. The molecule has 11 heavy (non-hydrogen) atoms. The fraction of sp³-hybridized carbons (Fsp3) is 0.833. The third-order valence-electron chi connectivity index (χ3n) is 2.06. The van der Waals surface area contributed by atoms with Gasteiger partial charge < -0.3 is 0 Å². The SMILES string of the molecule is O=C(C1CC1)N1CCS1(=O)=O. The fourth-order valence-corrected chi connectivity index (χ4v) is 2.20. The van der Waals surface area contributed by atoms with E-state index in [0.717, 1.165) is 17.1 Å². The number of carbonyl (C=O) groups excluding carboxylic acids is 1. The average Bonchev–Trinajstić information content (AvgIpc) is 2.66. The summed E-state index contributed by atoms with van der Waals surface area (Å²) in [4.78, 5) is 11.1. The minimum absolute atomic E-state index is 0.0186. The van der Waals surface area contributed by atoms with Crippen LogP contribution in [-0.2, 0) is 14.8 Å². The minimum Gasteiger partial charge on any atom is -0.273 e. The van der Waals surface area contributed by atoms with Gasteiger partial charge in [0.25, 0.3) is 0 Å². The van der Waals surface area contributed by atoms with Crippen LogP contribution in [0.3, 0.4) is 0 Å². The van der Waals surface area contributed by atoms with Crippen LogP contribution in [0.15, 0.2) is 0 Å². The summed E-state index contributed by atoms with van der Waals surface area (Å²) < 4.78 is 22.8. The first-order valence-electron chi connectivity index (χ1n) is 3.65. The molecule has 0 unspecified atom stereocenters. The van der Waals surface area contributed by atoms with Crippen molar-refractivity contribution in [3.63, 3.8) is 0 Å². The Bertz CT molecular complexity index is 291. The summed E-state index contributed by atoms with van der Waals surface area (Å²) in [6.45, 7) is 0.400. The van der Waals surface area contributed by atoms with E-state index < -0.39 is 10.0 Å². The van der Waals surface area contributed by atoms with Gasteiger partial charge in [-0.1, -0.05) is 0 Å². The second-order valence-electron chi connectivity index (χ2n) is 3.00. The zero-order valence-electron chi connectivity index (χ0n) is 5.99. The Morgan fingerprint density at radius 2 is 2.00 bits per heavy atom. The molecule has 0 bridgehead atoms. The molecule has 2 rings (SSSR count). The lowest BCUT2D eigenvalue weighted by atomic mass is 10.4. The van der Waals surface area contributed by atoms with Crippen molar-refractivity contribution in [2.24, 2.45) is 5.92 Å². The standard InChI is InChI=1S/C6H9NO3S/c8-6(5-1-2-5)7-3-4-11(7,9)10/h5H,1-4H2. The third-order valence-corrected chi connectivity index (χ3v) is 3.79. The Balaban J connectivity index is 2.11. The first-order chi connectivity index (χ1) is 5.11. The van der Waals surface area contributed by atoms with Crippen molar-refractivity contribution in [2.45, 2.75) is 12.8 Å². The predicted molar refractivity (Wildman–Crippen MR) is 38.2 cm³/mol. The summed E-state index contributed by atoms with van der Waals surface area (Å²) in [7, 11) is -3.14. The molecule has 0 aromatic rings. The van der Waals surface area contributed by atoms with Gasteiger partial charge in [0.15, 0.2) is 0 Å². The molecule has 62 valence electrons. The van der Waals surface area contributed by atoms with Crippen LogP contribution in [0, 0.1) is 5.92 Å². The van der Waals surface area contributed by atoms with Gasteiger partial charge in [-0.3, -0.25) is 4.79 Å². The van der Waals surface area contributed by atoms with Crippen molar-refractivity contribution in [1.82, 2.24) is 4.31 Å². The Labute approximate surface area is 65.2 Å². The topological polar surface area (TPSA) is 54.5 Å². The van der Waals surface area contributed by atoms with Gasteiger partial charge in [0.1, 0.15) is 0 Å². The summed E-state index contributed by atoms with van der Waals surface area (Å²) in [6, 6.07) is 0.